The van der Waals surface area contributed by atoms with Gasteiger partial charge < -0.3 is 19.2 Å². The summed E-state index contributed by atoms with van der Waals surface area (Å²) >= 11 is 0. The molecule has 0 saturated heterocycles. The van der Waals surface area contributed by atoms with Crippen molar-refractivity contribution < 1.29 is 22.7 Å². The molecule has 1 aromatic carbocycles. The molecule has 188 valence electrons. The van der Waals surface area contributed by atoms with Gasteiger partial charge in [0.2, 0.25) is 5.95 Å². The Hall–Kier alpha value is -3.89. The molecule has 4 aromatic rings. The van der Waals surface area contributed by atoms with Gasteiger partial charge in [0.15, 0.2) is 0 Å². The van der Waals surface area contributed by atoms with E-state index in [0.717, 1.165) is 11.0 Å². The SMILES string of the molecule is CC(=O)Cc1cc(Oc2ccc3nc(NC4CCc5nc(C)c(C(F)(F)F)n5C4)n(C)c3c2)ccn1. The largest absolute Gasteiger partial charge is 0.457 e. The number of fused-ring (bicyclic) bond motifs is 2. The molecule has 1 N–H and O–H groups in total. The minimum absolute atomic E-state index is 0.0102. The van der Waals surface area contributed by atoms with E-state index in [1.807, 2.05) is 23.7 Å². The molecule has 8 nitrogen and oxygen atoms in total. The Labute approximate surface area is 205 Å². The van der Waals surface area contributed by atoms with Crippen molar-refractivity contribution in [3.8, 4) is 11.5 Å². The highest BCUT2D eigenvalue weighted by Gasteiger charge is 2.40. The van der Waals surface area contributed by atoms with Crippen molar-refractivity contribution in [3.05, 3.63) is 59.4 Å². The van der Waals surface area contributed by atoms with E-state index in [0.29, 0.717) is 41.8 Å². The van der Waals surface area contributed by atoms with Crippen LogP contribution in [0.1, 0.15) is 36.3 Å². The highest BCUT2D eigenvalue weighted by atomic mass is 19.4. The Morgan fingerprint density at radius 1 is 1.19 bits per heavy atom. The van der Waals surface area contributed by atoms with Gasteiger partial charge in [0.05, 0.1) is 22.4 Å². The van der Waals surface area contributed by atoms with Crippen LogP contribution < -0.4 is 10.1 Å². The number of nitrogens with one attached hydrogen (secondary N) is 1. The summed E-state index contributed by atoms with van der Waals surface area (Å²) in [6.45, 7) is 3.07. The molecule has 0 fully saturated rings. The second-order valence-corrected chi connectivity index (χ2v) is 9.06. The third-order valence-electron chi connectivity index (χ3n) is 6.25. The zero-order chi connectivity index (χ0) is 25.6. The van der Waals surface area contributed by atoms with Gasteiger partial charge in [-0.3, -0.25) is 9.78 Å². The number of aromatic nitrogens is 5. The monoisotopic (exact) mass is 498 g/mol. The highest BCUT2D eigenvalue weighted by Crippen LogP contribution is 2.35. The third-order valence-corrected chi connectivity index (χ3v) is 6.25. The lowest BCUT2D eigenvalue weighted by atomic mass is 10.1. The lowest BCUT2D eigenvalue weighted by Crippen LogP contribution is -2.34. The zero-order valence-corrected chi connectivity index (χ0v) is 20.1. The Balaban J connectivity index is 1.35. The maximum Gasteiger partial charge on any atom is 0.433 e. The van der Waals surface area contributed by atoms with E-state index in [-0.39, 0.29) is 30.5 Å². The lowest BCUT2D eigenvalue weighted by molar-refractivity contribution is -0.144. The number of ketones is 1. The number of carbonyl (C=O) groups is 1. The molecule has 0 bridgehead atoms. The number of nitrogens with zero attached hydrogens (tertiary/aromatic N) is 5. The number of ether oxygens (including phenoxy) is 1. The summed E-state index contributed by atoms with van der Waals surface area (Å²) in [6.07, 6.45) is -1.52. The van der Waals surface area contributed by atoms with Gasteiger partial charge in [0.25, 0.3) is 0 Å². The minimum Gasteiger partial charge on any atom is -0.457 e. The van der Waals surface area contributed by atoms with Crippen molar-refractivity contribution >= 4 is 22.8 Å². The van der Waals surface area contributed by atoms with Crippen LogP contribution in [-0.4, -0.2) is 35.9 Å². The van der Waals surface area contributed by atoms with Crippen molar-refractivity contribution in [1.82, 2.24) is 24.1 Å². The molecular weight excluding hydrogens is 473 g/mol. The molecule has 0 radical (unpaired) electrons. The van der Waals surface area contributed by atoms with Gasteiger partial charge in [0, 0.05) is 50.8 Å². The van der Waals surface area contributed by atoms with Gasteiger partial charge in [-0.05, 0) is 38.5 Å². The van der Waals surface area contributed by atoms with E-state index in [1.54, 1.807) is 24.4 Å². The average Bonchev–Trinajstić information content (AvgIpc) is 3.29. The fourth-order valence-corrected chi connectivity index (χ4v) is 4.66. The van der Waals surface area contributed by atoms with E-state index in [1.165, 1.54) is 18.4 Å². The van der Waals surface area contributed by atoms with E-state index in [2.05, 4.69) is 20.3 Å². The lowest BCUT2D eigenvalue weighted by Gasteiger charge is -2.27. The molecule has 0 amide bonds. The number of carbonyl (C=O) groups excluding carboxylic acids is 1. The number of hydrogen-bond donors (Lipinski definition) is 1. The first-order valence-electron chi connectivity index (χ1n) is 11.6. The van der Waals surface area contributed by atoms with E-state index in [4.69, 9.17) is 4.74 Å². The molecule has 1 unspecified atom stereocenters. The standard InChI is InChI=1S/C25H25F3N6O2/c1-14(35)10-17-11-19(8-9-29-17)36-18-5-6-20-21(12-18)33(3)24(32-20)31-16-4-7-22-30-15(2)23(25(26,27)28)34(22)13-16/h5-6,8-9,11-12,16H,4,7,10,13H2,1-3H3,(H,31,32). The Morgan fingerprint density at radius 3 is 2.72 bits per heavy atom. The molecule has 36 heavy (non-hydrogen) atoms. The van der Waals surface area contributed by atoms with Crippen molar-refractivity contribution in [1.29, 1.82) is 0 Å². The number of imidazole rings is 2. The number of Topliss-reactive ketones (excluding diaryl/α,β-unsaturated/α-hetero) is 1. The summed E-state index contributed by atoms with van der Waals surface area (Å²) in [7, 11) is 1.84. The van der Waals surface area contributed by atoms with Crippen LogP contribution in [0.5, 0.6) is 11.5 Å². The number of anilines is 1. The van der Waals surface area contributed by atoms with Gasteiger partial charge in [0.1, 0.15) is 28.8 Å². The second kappa shape index (κ2) is 8.96. The van der Waals surface area contributed by atoms with Crippen LogP contribution in [-0.2, 0) is 37.4 Å². The molecule has 1 aliphatic rings. The predicted molar refractivity (Wildman–Crippen MR) is 127 cm³/mol. The number of hydrogen-bond acceptors (Lipinski definition) is 6. The number of halogens is 3. The number of aryl methyl sites for hydroxylation is 3. The Kier molecular flexibility index (Phi) is 5.93. The predicted octanol–water partition coefficient (Wildman–Crippen LogP) is 4.84. The summed E-state index contributed by atoms with van der Waals surface area (Å²) < 4.78 is 49.8. The van der Waals surface area contributed by atoms with E-state index < -0.39 is 11.9 Å². The van der Waals surface area contributed by atoms with Gasteiger partial charge in [-0.1, -0.05) is 0 Å². The number of alkyl halides is 3. The fraction of sp³-hybridized carbons (Fsp3) is 0.360. The van der Waals surface area contributed by atoms with Crippen LogP contribution in [0.2, 0.25) is 0 Å². The number of pyridine rings is 1. The van der Waals surface area contributed by atoms with E-state index in [9.17, 15) is 18.0 Å². The Bertz CT molecular complexity index is 1460. The van der Waals surface area contributed by atoms with Crippen LogP contribution in [0, 0.1) is 6.92 Å². The Morgan fingerprint density at radius 2 is 1.97 bits per heavy atom. The average molecular weight is 499 g/mol. The van der Waals surface area contributed by atoms with Gasteiger partial charge in [-0.2, -0.15) is 13.2 Å². The molecule has 0 aliphatic carbocycles. The van der Waals surface area contributed by atoms with Gasteiger partial charge >= 0.3 is 6.18 Å². The summed E-state index contributed by atoms with van der Waals surface area (Å²) in [5, 5.41) is 3.32. The molecule has 11 heteroatoms. The first-order valence-corrected chi connectivity index (χ1v) is 11.6. The molecule has 1 aliphatic heterocycles. The second-order valence-electron chi connectivity index (χ2n) is 9.06. The van der Waals surface area contributed by atoms with Crippen LogP contribution in [0.4, 0.5) is 19.1 Å². The van der Waals surface area contributed by atoms with Gasteiger partial charge in [-0.15, -0.1) is 0 Å². The fourth-order valence-electron chi connectivity index (χ4n) is 4.66. The maximum absolute atomic E-state index is 13.6. The van der Waals surface area contributed by atoms with Crippen molar-refractivity contribution in [2.45, 2.75) is 51.9 Å². The van der Waals surface area contributed by atoms with Crippen LogP contribution >= 0.6 is 0 Å². The molecule has 0 spiro atoms. The summed E-state index contributed by atoms with van der Waals surface area (Å²) in [5.41, 5.74) is 1.49. The molecule has 1 atom stereocenters. The van der Waals surface area contributed by atoms with Crippen molar-refractivity contribution in [2.75, 3.05) is 5.32 Å². The smallest absolute Gasteiger partial charge is 0.433 e. The van der Waals surface area contributed by atoms with E-state index >= 15 is 0 Å². The quantitative estimate of drug-likeness (QED) is 0.409. The molecule has 5 rings (SSSR count). The van der Waals surface area contributed by atoms with Crippen molar-refractivity contribution in [3.63, 3.8) is 0 Å². The highest BCUT2D eigenvalue weighted by molar-refractivity contribution is 5.80. The van der Waals surface area contributed by atoms with Gasteiger partial charge in [-0.25, -0.2) is 9.97 Å². The molecular formula is C25H25F3N6O2. The van der Waals surface area contributed by atoms with Crippen LogP contribution in [0.15, 0.2) is 36.5 Å². The summed E-state index contributed by atoms with van der Waals surface area (Å²) in [5.74, 6) is 2.20. The first-order chi connectivity index (χ1) is 17.1. The zero-order valence-electron chi connectivity index (χ0n) is 20.1. The topological polar surface area (TPSA) is 86.9 Å². The van der Waals surface area contributed by atoms with Crippen LogP contribution in [0.25, 0.3) is 11.0 Å². The minimum atomic E-state index is -4.45. The number of benzene rings is 1. The molecule has 0 saturated carbocycles. The van der Waals surface area contributed by atoms with Crippen molar-refractivity contribution in [2.24, 2.45) is 7.05 Å². The third kappa shape index (κ3) is 4.65. The number of rotatable bonds is 6. The normalized spacial score (nSPS) is 15.7. The summed E-state index contributed by atoms with van der Waals surface area (Å²) in [4.78, 5) is 24.3. The maximum atomic E-state index is 13.6. The van der Waals surface area contributed by atoms with Crippen LogP contribution in [0.3, 0.4) is 0 Å². The molecule has 3 aromatic heterocycles. The summed E-state index contributed by atoms with van der Waals surface area (Å²) in [6, 6.07) is 8.68. The molecule has 4 heterocycles. The first kappa shape index (κ1) is 23.8.